The van der Waals surface area contributed by atoms with Crippen molar-refractivity contribution >= 4 is 5.91 Å². The van der Waals surface area contributed by atoms with E-state index in [1.807, 2.05) is 0 Å². The van der Waals surface area contributed by atoms with Gasteiger partial charge in [0.25, 0.3) is 5.91 Å². The third-order valence-corrected chi connectivity index (χ3v) is 2.90. The first-order valence-corrected chi connectivity index (χ1v) is 6.69. The molecule has 6 nitrogen and oxygen atoms in total. The van der Waals surface area contributed by atoms with E-state index in [4.69, 9.17) is 4.74 Å². The van der Waals surface area contributed by atoms with Crippen molar-refractivity contribution in [2.24, 2.45) is 0 Å². The van der Waals surface area contributed by atoms with E-state index in [-0.39, 0.29) is 18.3 Å². The summed E-state index contributed by atoms with van der Waals surface area (Å²) < 4.78 is 46.5. The molecule has 1 aromatic rings. The molecule has 1 saturated heterocycles. The van der Waals surface area contributed by atoms with Crippen molar-refractivity contribution in [2.45, 2.75) is 18.8 Å². The maximum Gasteiger partial charge on any atom is 0.422 e. The number of carbonyl (C=O) groups is 1. The zero-order chi connectivity index (χ0) is 16.0. The fourth-order valence-electron chi connectivity index (χ4n) is 1.87. The Morgan fingerprint density at radius 3 is 3.05 bits per heavy atom. The Balaban J connectivity index is 1.90. The lowest BCUT2D eigenvalue weighted by atomic mass is 10.2. The van der Waals surface area contributed by atoms with Crippen LogP contribution < -0.4 is 15.4 Å². The van der Waals surface area contributed by atoms with Gasteiger partial charge in [0.1, 0.15) is 6.10 Å². The van der Waals surface area contributed by atoms with Crippen LogP contribution in [0.15, 0.2) is 18.3 Å². The summed E-state index contributed by atoms with van der Waals surface area (Å²) in [7, 11) is 0. The van der Waals surface area contributed by atoms with Crippen molar-refractivity contribution in [3.63, 3.8) is 0 Å². The number of nitrogens with zero attached hydrogens (tertiary/aromatic N) is 1. The molecule has 0 unspecified atom stereocenters. The molecular formula is C13H16F3N3O3. The topological polar surface area (TPSA) is 72.5 Å². The van der Waals surface area contributed by atoms with E-state index in [9.17, 15) is 18.0 Å². The van der Waals surface area contributed by atoms with Crippen LogP contribution in [0.2, 0.25) is 0 Å². The fraction of sp³-hybridized carbons (Fsp3) is 0.538. The molecule has 2 heterocycles. The lowest BCUT2D eigenvalue weighted by molar-refractivity contribution is -0.154. The lowest BCUT2D eigenvalue weighted by Crippen LogP contribution is -2.47. The minimum atomic E-state index is -4.44. The summed E-state index contributed by atoms with van der Waals surface area (Å²) in [4.78, 5) is 15.6. The molecular weight excluding hydrogens is 303 g/mol. The molecule has 2 rings (SSSR count). The molecule has 122 valence electrons. The van der Waals surface area contributed by atoms with Crippen LogP contribution in [0, 0.1) is 0 Å². The maximum atomic E-state index is 12.2. The Labute approximate surface area is 125 Å². The number of morpholine rings is 1. The number of nitrogens with one attached hydrogen (secondary N) is 2. The van der Waals surface area contributed by atoms with E-state index >= 15 is 0 Å². The predicted octanol–water partition coefficient (Wildman–Crippen LogP) is 0.627. The number of hydrogen-bond donors (Lipinski definition) is 2. The molecule has 0 radical (unpaired) electrons. The van der Waals surface area contributed by atoms with Gasteiger partial charge in [-0.3, -0.25) is 4.79 Å². The van der Waals surface area contributed by atoms with E-state index in [2.05, 4.69) is 20.4 Å². The van der Waals surface area contributed by atoms with Crippen LogP contribution in [0.25, 0.3) is 0 Å². The first-order chi connectivity index (χ1) is 10.5. The van der Waals surface area contributed by atoms with Crippen LogP contribution >= 0.6 is 0 Å². The molecule has 1 amide bonds. The second-order valence-corrected chi connectivity index (χ2v) is 4.65. The molecule has 1 aliphatic rings. The second-order valence-electron chi connectivity index (χ2n) is 4.65. The number of carbonyl (C=O) groups excluding carboxylic acids is 1. The quantitative estimate of drug-likeness (QED) is 0.833. The van der Waals surface area contributed by atoms with Gasteiger partial charge in [0.15, 0.2) is 6.61 Å². The minimum absolute atomic E-state index is 0.0136. The van der Waals surface area contributed by atoms with Crippen LogP contribution in [0.3, 0.4) is 0 Å². The number of alkyl halides is 3. The summed E-state index contributed by atoms with van der Waals surface area (Å²) in [5.74, 6) is -0.486. The maximum absolute atomic E-state index is 12.2. The van der Waals surface area contributed by atoms with E-state index in [1.54, 1.807) is 12.1 Å². The summed E-state index contributed by atoms with van der Waals surface area (Å²) in [6.45, 7) is 0.101. The first kappa shape index (κ1) is 16.5. The van der Waals surface area contributed by atoms with Gasteiger partial charge in [0, 0.05) is 31.4 Å². The highest BCUT2D eigenvalue weighted by Crippen LogP contribution is 2.19. The number of hydrogen-bond acceptors (Lipinski definition) is 5. The van der Waals surface area contributed by atoms with Crippen molar-refractivity contribution in [2.75, 3.05) is 26.3 Å². The van der Waals surface area contributed by atoms with Crippen molar-refractivity contribution in [3.05, 3.63) is 23.9 Å². The third-order valence-electron chi connectivity index (χ3n) is 2.90. The molecule has 22 heavy (non-hydrogen) atoms. The highest BCUT2D eigenvalue weighted by molar-refractivity contribution is 5.81. The molecule has 9 heteroatoms. The van der Waals surface area contributed by atoms with Crippen molar-refractivity contribution < 1.29 is 27.4 Å². The van der Waals surface area contributed by atoms with Crippen molar-refractivity contribution in [1.29, 1.82) is 0 Å². The van der Waals surface area contributed by atoms with Crippen molar-refractivity contribution in [1.82, 2.24) is 15.6 Å². The van der Waals surface area contributed by atoms with Crippen LogP contribution in [-0.2, 0) is 16.1 Å². The molecule has 1 atom stereocenters. The Hall–Kier alpha value is -1.87. The summed E-state index contributed by atoms with van der Waals surface area (Å²) in [6.07, 6.45) is -3.73. The van der Waals surface area contributed by atoms with Gasteiger partial charge in [-0.15, -0.1) is 0 Å². The molecule has 0 bridgehead atoms. The van der Waals surface area contributed by atoms with Gasteiger partial charge in [0.05, 0.1) is 6.61 Å². The average molecular weight is 319 g/mol. The third kappa shape index (κ3) is 5.15. The second kappa shape index (κ2) is 7.41. The molecule has 2 N–H and O–H groups in total. The largest absolute Gasteiger partial charge is 0.468 e. The first-order valence-electron chi connectivity index (χ1n) is 6.69. The normalized spacial score (nSPS) is 18.8. The lowest BCUT2D eigenvalue weighted by Gasteiger charge is -2.22. The van der Waals surface area contributed by atoms with Crippen LogP contribution in [0.1, 0.15) is 5.56 Å². The van der Waals surface area contributed by atoms with Crippen LogP contribution in [0.4, 0.5) is 13.2 Å². The summed E-state index contributed by atoms with van der Waals surface area (Å²) in [6, 6.07) is 3.10. The Morgan fingerprint density at radius 1 is 1.55 bits per heavy atom. The standard InChI is InChI=1S/C13H16F3N3O3/c14-13(15,16)8-22-12-9(2-1-3-18-12)6-19-11(20)10-7-17-4-5-21-10/h1-3,10,17H,4-8H2,(H,19,20)/t10-/m1/s1. The van der Waals surface area contributed by atoms with Gasteiger partial charge in [-0.1, -0.05) is 6.07 Å². The summed E-state index contributed by atoms with van der Waals surface area (Å²) in [5, 5.41) is 5.62. The van der Waals surface area contributed by atoms with Gasteiger partial charge < -0.3 is 20.1 Å². The van der Waals surface area contributed by atoms with E-state index < -0.39 is 18.9 Å². The fourth-order valence-corrected chi connectivity index (χ4v) is 1.87. The SMILES string of the molecule is O=C(NCc1cccnc1OCC(F)(F)F)[C@H]1CNCCO1. The Bertz CT molecular complexity index is 505. The van der Waals surface area contributed by atoms with Crippen LogP contribution in [-0.4, -0.2) is 49.5 Å². The number of pyridine rings is 1. The van der Waals surface area contributed by atoms with Gasteiger partial charge >= 0.3 is 6.18 Å². The molecule has 0 aliphatic carbocycles. The highest BCUT2D eigenvalue weighted by atomic mass is 19.4. The number of aromatic nitrogens is 1. The highest BCUT2D eigenvalue weighted by Gasteiger charge is 2.29. The minimum Gasteiger partial charge on any atom is -0.468 e. The smallest absolute Gasteiger partial charge is 0.422 e. The van der Waals surface area contributed by atoms with Gasteiger partial charge in [-0.2, -0.15) is 13.2 Å². The summed E-state index contributed by atoms with van der Waals surface area (Å²) >= 11 is 0. The molecule has 1 fully saturated rings. The zero-order valence-electron chi connectivity index (χ0n) is 11.7. The number of halogens is 3. The molecule has 1 aromatic heterocycles. The predicted molar refractivity (Wildman–Crippen MR) is 70.2 cm³/mol. The van der Waals surface area contributed by atoms with Gasteiger partial charge in [-0.25, -0.2) is 4.98 Å². The van der Waals surface area contributed by atoms with Crippen molar-refractivity contribution in [3.8, 4) is 5.88 Å². The van der Waals surface area contributed by atoms with Crippen LogP contribution in [0.5, 0.6) is 5.88 Å². The molecule has 0 spiro atoms. The number of amides is 1. The van der Waals surface area contributed by atoms with E-state index in [1.165, 1.54) is 6.20 Å². The Kier molecular flexibility index (Phi) is 5.56. The van der Waals surface area contributed by atoms with Gasteiger partial charge in [-0.05, 0) is 6.07 Å². The molecule has 0 saturated carbocycles. The molecule has 0 aromatic carbocycles. The van der Waals surface area contributed by atoms with E-state index in [0.717, 1.165) is 0 Å². The zero-order valence-corrected chi connectivity index (χ0v) is 11.7. The number of rotatable bonds is 5. The molecule has 1 aliphatic heterocycles. The number of ether oxygens (including phenoxy) is 2. The van der Waals surface area contributed by atoms with E-state index in [0.29, 0.717) is 25.3 Å². The average Bonchev–Trinajstić information content (AvgIpc) is 2.51. The summed E-state index contributed by atoms with van der Waals surface area (Å²) in [5.41, 5.74) is 0.365. The monoisotopic (exact) mass is 319 g/mol. The Morgan fingerprint density at radius 2 is 2.36 bits per heavy atom. The van der Waals surface area contributed by atoms with Gasteiger partial charge in [0.2, 0.25) is 5.88 Å².